The molecule has 6 nitrogen and oxygen atoms in total. The van der Waals surface area contributed by atoms with Crippen molar-refractivity contribution in [3.8, 4) is 17.1 Å². The molecule has 0 atom stereocenters. The summed E-state index contributed by atoms with van der Waals surface area (Å²) in [5.41, 5.74) is 2.60. The Bertz CT molecular complexity index is 903. The van der Waals surface area contributed by atoms with E-state index in [2.05, 4.69) is 17.1 Å². The summed E-state index contributed by atoms with van der Waals surface area (Å²) >= 11 is 0. The Morgan fingerprint density at radius 3 is 2.67 bits per heavy atom. The van der Waals surface area contributed by atoms with Gasteiger partial charge >= 0.3 is 0 Å². The van der Waals surface area contributed by atoms with Crippen LogP contribution in [0.2, 0.25) is 0 Å². The molecular formula is C21H23N3O3. The first kappa shape index (κ1) is 18.6. The average Bonchev–Trinajstić information content (AvgIpc) is 3.14. The molecule has 0 bridgehead atoms. The van der Waals surface area contributed by atoms with E-state index in [-0.39, 0.29) is 12.5 Å². The first-order chi connectivity index (χ1) is 13.1. The number of amides is 1. The molecule has 0 saturated carbocycles. The van der Waals surface area contributed by atoms with E-state index in [1.807, 2.05) is 31.2 Å². The number of hydrogen-bond donors (Lipinski definition) is 0. The molecule has 0 spiro atoms. The maximum absolute atomic E-state index is 12.6. The van der Waals surface area contributed by atoms with Crippen LogP contribution in [0.15, 0.2) is 53.1 Å². The lowest BCUT2D eigenvalue weighted by Gasteiger charge is -2.15. The number of hydrogen-bond acceptors (Lipinski definition) is 5. The van der Waals surface area contributed by atoms with Gasteiger partial charge in [-0.3, -0.25) is 4.79 Å². The van der Waals surface area contributed by atoms with E-state index in [4.69, 9.17) is 9.26 Å². The van der Waals surface area contributed by atoms with Crippen LogP contribution in [0.4, 0.5) is 0 Å². The molecule has 0 unspecified atom stereocenters. The lowest BCUT2D eigenvalue weighted by atomic mass is 10.1. The van der Waals surface area contributed by atoms with Crippen molar-refractivity contribution in [1.29, 1.82) is 0 Å². The molecule has 1 aromatic heterocycles. The number of carbonyl (C=O) groups excluding carboxylic acids is 1. The van der Waals surface area contributed by atoms with Crippen molar-refractivity contribution in [3.05, 3.63) is 65.5 Å². The predicted octanol–water partition coefficient (Wildman–Crippen LogP) is 4.11. The van der Waals surface area contributed by atoms with E-state index in [9.17, 15) is 4.79 Å². The predicted molar refractivity (Wildman–Crippen MR) is 102 cm³/mol. The minimum absolute atomic E-state index is 0.118. The third-order valence-electron chi connectivity index (χ3n) is 4.04. The van der Waals surface area contributed by atoms with E-state index in [1.54, 1.807) is 36.2 Å². The highest BCUT2D eigenvalue weighted by Gasteiger charge is 2.16. The van der Waals surface area contributed by atoms with E-state index >= 15 is 0 Å². The smallest absolute Gasteiger partial charge is 0.254 e. The average molecular weight is 365 g/mol. The number of aromatic nitrogens is 2. The quantitative estimate of drug-likeness (QED) is 0.630. The van der Waals surface area contributed by atoms with Crippen molar-refractivity contribution >= 4 is 5.91 Å². The first-order valence-electron chi connectivity index (χ1n) is 8.94. The summed E-state index contributed by atoms with van der Waals surface area (Å²) in [5.74, 6) is 1.56. The number of nitrogens with zero attached hydrogens (tertiary/aromatic N) is 3. The van der Waals surface area contributed by atoms with Crippen molar-refractivity contribution in [2.24, 2.45) is 0 Å². The summed E-state index contributed by atoms with van der Waals surface area (Å²) in [6.07, 6.45) is 0.943. The van der Waals surface area contributed by atoms with Gasteiger partial charge in [-0.15, -0.1) is 0 Å². The minimum atomic E-state index is -0.118. The summed E-state index contributed by atoms with van der Waals surface area (Å²) in [6.45, 7) is 4.96. The zero-order valence-corrected chi connectivity index (χ0v) is 15.8. The van der Waals surface area contributed by atoms with E-state index in [0.29, 0.717) is 23.9 Å². The molecular weight excluding hydrogens is 342 g/mol. The van der Waals surface area contributed by atoms with Crippen molar-refractivity contribution in [3.63, 3.8) is 0 Å². The van der Waals surface area contributed by atoms with Gasteiger partial charge in [0.05, 0.1) is 13.2 Å². The Balaban J connectivity index is 1.64. The van der Waals surface area contributed by atoms with Crippen LogP contribution < -0.4 is 4.74 Å². The molecule has 0 aliphatic carbocycles. The van der Waals surface area contributed by atoms with Crippen molar-refractivity contribution < 1.29 is 14.1 Å². The molecule has 3 aromatic rings. The number of aryl methyl sites for hydroxylation is 1. The monoisotopic (exact) mass is 365 g/mol. The fourth-order valence-electron chi connectivity index (χ4n) is 2.63. The molecule has 6 heteroatoms. The highest BCUT2D eigenvalue weighted by atomic mass is 16.5. The molecule has 1 amide bonds. The molecule has 3 rings (SSSR count). The van der Waals surface area contributed by atoms with Gasteiger partial charge in [0.1, 0.15) is 5.75 Å². The van der Waals surface area contributed by atoms with Gasteiger partial charge < -0.3 is 14.2 Å². The lowest BCUT2D eigenvalue weighted by molar-refractivity contribution is 0.0769. The Hall–Kier alpha value is -3.15. The fourth-order valence-corrected chi connectivity index (χ4v) is 2.63. The summed E-state index contributed by atoms with van der Waals surface area (Å²) in [5, 5.41) is 4.01. The zero-order chi connectivity index (χ0) is 19.2. The van der Waals surface area contributed by atoms with Crippen molar-refractivity contribution in [2.45, 2.75) is 26.8 Å². The van der Waals surface area contributed by atoms with Crippen LogP contribution in [-0.2, 0) is 6.54 Å². The van der Waals surface area contributed by atoms with Gasteiger partial charge in [-0.2, -0.15) is 4.98 Å². The van der Waals surface area contributed by atoms with Gasteiger partial charge in [-0.1, -0.05) is 35.8 Å². The molecule has 0 fully saturated rings. The molecule has 0 radical (unpaired) electrons. The number of carbonyl (C=O) groups is 1. The maximum Gasteiger partial charge on any atom is 0.254 e. The molecule has 1 heterocycles. The van der Waals surface area contributed by atoms with Gasteiger partial charge in [0, 0.05) is 18.2 Å². The fraction of sp³-hybridized carbons (Fsp3) is 0.286. The molecule has 0 N–H and O–H groups in total. The lowest BCUT2D eigenvalue weighted by Crippen LogP contribution is -2.26. The number of benzene rings is 2. The van der Waals surface area contributed by atoms with Crippen LogP contribution in [0.5, 0.6) is 5.75 Å². The standard InChI is InChI=1S/C21H23N3O3/c1-4-12-26-18-10-8-16(9-11-18)21(25)24(3)14-19-22-20(23-27-19)17-7-5-6-15(2)13-17/h5-11,13H,4,12,14H2,1-3H3. The summed E-state index contributed by atoms with van der Waals surface area (Å²) in [4.78, 5) is 18.5. The van der Waals surface area contributed by atoms with E-state index in [1.165, 1.54) is 0 Å². The Labute approximate surface area is 158 Å². The van der Waals surface area contributed by atoms with Crippen LogP contribution in [0.1, 0.15) is 35.2 Å². The second-order valence-electron chi connectivity index (χ2n) is 6.42. The van der Waals surface area contributed by atoms with E-state index in [0.717, 1.165) is 23.3 Å². The van der Waals surface area contributed by atoms with E-state index < -0.39 is 0 Å². The van der Waals surface area contributed by atoms with Crippen molar-refractivity contribution in [2.75, 3.05) is 13.7 Å². The van der Waals surface area contributed by atoms with Crippen LogP contribution in [0.3, 0.4) is 0 Å². The van der Waals surface area contributed by atoms with Gasteiger partial charge in [0.2, 0.25) is 11.7 Å². The molecule has 0 aliphatic heterocycles. The topological polar surface area (TPSA) is 68.5 Å². The maximum atomic E-state index is 12.6. The minimum Gasteiger partial charge on any atom is -0.494 e. The van der Waals surface area contributed by atoms with Crippen molar-refractivity contribution in [1.82, 2.24) is 15.0 Å². The van der Waals surface area contributed by atoms with Crippen LogP contribution in [0, 0.1) is 6.92 Å². The highest BCUT2D eigenvalue weighted by molar-refractivity contribution is 5.94. The summed E-state index contributed by atoms with van der Waals surface area (Å²) in [7, 11) is 1.71. The second kappa shape index (κ2) is 8.49. The first-order valence-corrected chi connectivity index (χ1v) is 8.94. The normalized spacial score (nSPS) is 10.6. The molecule has 0 aliphatic rings. The van der Waals surface area contributed by atoms with Gasteiger partial charge in [-0.05, 0) is 43.7 Å². The summed E-state index contributed by atoms with van der Waals surface area (Å²) in [6, 6.07) is 15.0. The number of rotatable bonds is 7. The van der Waals surface area contributed by atoms with Gasteiger partial charge in [-0.25, -0.2) is 0 Å². The van der Waals surface area contributed by atoms with Gasteiger partial charge in [0.15, 0.2) is 0 Å². The Morgan fingerprint density at radius 2 is 1.96 bits per heavy atom. The highest BCUT2D eigenvalue weighted by Crippen LogP contribution is 2.18. The Kier molecular flexibility index (Phi) is 5.86. The second-order valence-corrected chi connectivity index (χ2v) is 6.42. The molecule has 2 aromatic carbocycles. The zero-order valence-electron chi connectivity index (χ0n) is 15.8. The third kappa shape index (κ3) is 4.73. The van der Waals surface area contributed by atoms with Crippen LogP contribution in [0.25, 0.3) is 11.4 Å². The molecule has 140 valence electrons. The van der Waals surface area contributed by atoms with Gasteiger partial charge in [0.25, 0.3) is 5.91 Å². The SMILES string of the molecule is CCCOc1ccc(C(=O)N(C)Cc2nc(-c3cccc(C)c3)no2)cc1. The van der Waals surface area contributed by atoms with Crippen LogP contribution in [-0.4, -0.2) is 34.6 Å². The summed E-state index contributed by atoms with van der Waals surface area (Å²) < 4.78 is 10.8. The number of ether oxygens (including phenoxy) is 1. The largest absolute Gasteiger partial charge is 0.494 e. The van der Waals surface area contributed by atoms with Crippen LogP contribution >= 0.6 is 0 Å². The Morgan fingerprint density at radius 1 is 1.19 bits per heavy atom. The molecule has 27 heavy (non-hydrogen) atoms. The third-order valence-corrected chi connectivity index (χ3v) is 4.04. The molecule has 0 saturated heterocycles.